The Kier molecular flexibility index (Phi) is 6.56. The van der Waals surface area contributed by atoms with Gasteiger partial charge in [-0.25, -0.2) is 0 Å². The highest BCUT2D eigenvalue weighted by Gasteiger charge is 2.19. The number of aryl methyl sites for hydroxylation is 2. The van der Waals surface area contributed by atoms with Gasteiger partial charge in [-0.15, -0.1) is 0 Å². The maximum absolute atomic E-state index is 4.85. The molecule has 3 heteroatoms. The van der Waals surface area contributed by atoms with Gasteiger partial charge in [-0.3, -0.25) is 4.68 Å². The first kappa shape index (κ1) is 16.2. The molecule has 19 heavy (non-hydrogen) atoms. The molecular weight excluding hydrogens is 234 g/mol. The van der Waals surface area contributed by atoms with Gasteiger partial charge in [0, 0.05) is 23.8 Å². The van der Waals surface area contributed by atoms with Crippen molar-refractivity contribution in [2.75, 3.05) is 6.54 Å². The van der Waals surface area contributed by atoms with Crippen molar-refractivity contribution in [2.45, 2.75) is 73.4 Å². The van der Waals surface area contributed by atoms with Gasteiger partial charge in [-0.1, -0.05) is 34.6 Å². The SMILES string of the molecule is CCNC(C)c1c(CC)nn(CCC(C)C)c1CC. The summed E-state index contributed by atoms with van der Waals surface area (Å²) in [5, 5.41) is 8.39. The van der Waals surface area contributed by atoms with Crippen molar-refractivity contribution < 1.29 is 0 Å². The Labute approximate surface area is 118 Å². The van der Waals surface area contributed by atoms with Crippen molar-refractivity contribution in [2.24, 2.45) is 5.92 Å². The van der Waals surface area contributed by atoms with Gasteiger partial charge in [0.25, 0.3) is 0 Å². The van der Waals surface area contributed by atoms with Crippen LogP contribution < -0.4 is 5.32 Å². The second-order valence-electron chi connectivity index (χ2n) is 5.70. The zero-order chi connectivity index (χ0) is 14.4. The van der Waals surface area contributed by atoms with Crippen LogP contribution in [0.25, 0.3) is 0 Å². The lowest BCUT2D eigenvalue weighted by Gasteiger charge is -2.15. The fourth-order valence-electron chi connectivity index (χ4n) is 2.67. The van der Waals surface area contributed by atoms with Crippen molar-refractivity contribution in [3.05, 3.63) is 17.0 Å². The van der Waals surface area contributed by atoms with Crippen LogP contribution in [0.15, 0.2) is 0 Å². The highest BCUT2D eigenvalue weighted by atomic mass is 15.3. The normalized spacial score (nSPS) is 13.2. The summed E-state index contributed by atoms with van der Waals surface area (Å²) in [7, 11) is 0. The molecule has 1 N–H and O–H groups in total. The number of nitrogens with zero attached hydrogens (tertiary/aromatic N) is 2. The quantitative estimate of drug-likeness (QED) is 0.776. The van der Waals surface area contributed by atoms with Crippen molar-refractivity contribution in [1.29, 1.82) is 0 Å². The molecule has 0 aliphatic carbocycles. The predicted octanol–water partition coefficient (Wildman–Crippen LogP) is 3.72. The third kappa shape index (κ3) is 4.07. The molecule has 0 saturated heterocycles. The summed E-state index contributed by atoms with van der Waals surface area (Å²) in [6.07, 6.45) is 3.29. The highest BCUT2D eigenvalue weighted by molar-refractivity contribution is 5.30. The average Bonchev–Trinajstić information content (AvgIpc) is 2.74. The van der Waals surface area contributed by atoms with Gasteiger partial charge in [-0.05, 0) is 38.6 Å². The van der Waals surface area contributed by atoms with Crippen molar-refractivity contribution in [1.82, 2.24) is 15.1 Å². The van der Waals surface area contributed by atoms with Gasteiger partial charge in [0.1, 0.15) is 0 Å². The standard InChI is InChI=1S/C16H31N3/c1-7-14-16(13(6)17-9-3)15(8-2)19(18-14)11-10-12(4)5/h12-13,17H,7-11H2,1-6H3. The summed E-state index contributed by atoms with van der Waals surface area (Å²) < 4.78 is 2.25. The van der Waals surface area contributed by atoms with E-state index in [4.69, 9.17) is 5.10 Å². The number of hydrogen-bond acceptors (Lipinski definition) is 2. The van der Waals surface area contributed by atoms with Crippen LogP contribution in [-0.2, 0) is 19.4 Å². The maximum Gasteiger partial charge on any atom is 0.0672 e. The van der Waals surface area contributed by atoms with Crippen LogP contribution in [0.5, 0.6) is 0 Å². The summed E-state index contributed by atoms with van der Waals surface area (Å²) >= 11 is 0. The lowest BCUT2D eigenvalue weighted by Crippen LogP contribution is -2.20. The molecule has 0 saturated carbocycles. The molecule has 0 amide bonds. The van der Waals surface area contributed by atoms with Crippen LogP contribution in [0.4, 0.5) is 0 Å². The van der Waals surface area contributed by atoms with E-state index in [-0.39, 0.29) is 0 Å². The molecule has 3 nitrogen and oxygen atoms in total. The van der Waals surface area contributed by atoms with Gasteiger partial charge < -0.3 is 5.32 Å². The van der Waals surface area contributed by atoms with E-state index < -0.39 is 0 Å². The molecule has 1 heterocycles. The van der Waals surface area contributed by atoms with E-state index in [1.165, 1.54) is 23.4 Å². The maximum atomic E-state index is 4.85. The molecule has 1 aromatic heterocycles. The zero-order valence-electron chi connectivity index (χ0n) is 13.6. The van der Waals surface area contributed by atoms with E-state index in [9.17, 15) is 0 Å². The summed E-state index contributed by atoms with van der Waals surface area (Å²) in [5.41, 5.74) is 4.13. The monoisotopic (exact) mass is 265 g/mol. The van der Waals surface area contributed by atoms with Gasteiger partial charge in [-0.2, -0.15) is 5.10 Å². The molecule has 0 spiro atoms. The fourth-order valence-corrected chi connectivity index (χ4v) is 2.67. The minimum absolute atomic E-state index is 0.405. The number of aromatic nitrogens is 2. The number of nitrogens with one attached hydrogen (secondary N) is 1. The summed E-state index contributed by atoms with van der Waals surface area (Å²) in [6, 6.07) is 0.405. The van der Waals surface area contributed by atoms with Crippen molar-refractivity contribution >= 4 is 0 Å². The minimum Gasteiger partial charge on any atom is -0.310 e. The molecule has 1 unspecified atom stereocenters. The van der Waals surface area contributed by atoms with E-state index >= 15 is 0 Å². The Hall–Kier alpha value is -0.830. The predicted molar refractivity (Wildman–Crippen MR) is 82.5 cm³/mol. The largest absolute Gasteiger partial charge is 0.310 e. The van der Waals surface area contributed by atoms with E-state index in [1.54, 1.807) is 0 Å². The number of rotatable bonds is 8. The smallest absolute Gasteiger partial charge is 0.0672 e. The molecule has 1 rings (SSSR count). The molecule has 0 bridgehead atoms. The highest BCUT2D eigenvalue weighted by Crippen LogP contribution is 2.24. The average molecular weight is 265 g/mol. The summed E-state index contributed by atoms with van der Waals surface area (Å²) in [5.74, 6) is 0.730. The van der Waals surface area contributed by atoms with Crippen LogP contribution in [0.2, 0.25) is 0 Å². The van der Waals surface area contributed by atoms with Crippen LogP contribution in [0.3, 0.4) is 0 Å². The molecule has 0 aliphatic rings. The van der Waals surface area contributed by atoms with E-state index in [0.29, 0.717) is 6.04 Å². The Balaban J connectivity index is 3.05. The summed E-state index contributed by atoms with van der Waals surface area (Å²) in [4.78, 5) is 0. The number of hydrogen-bond donors (Lipinski definition) is 1. The molecule has 0 aliphatic heterocycles. The molecule has 0 fully saturated rings. The Morgan fingerprint density at radius 2 is 1.79 bits per heavy atom. The summed E-state index contributed by atoms with van der Waals surface area (Å²) in [6.45, 7) is 15.5. The van der Waals surface area contributed by atoms with E-state index in [0.717, 1.165) is 31.8 Å². The Bertz CT molecular complexity index is 380. The molecule has 0 radical (unpaired) electrons. The third-order valence-electron chi connectivity index (χ3n) is 3.71. The van der Waals surface area contributed by atoms with Gasteiger partial charge in [0.05, 0.1) is 5.69 Å². The van der Waals surface area contributed by atoms with Gasteiger partial charge >= 0.3 is 0 Å². The van der Waals surface area contributed by atoms with Crippen molar-refractivity contribution in [3.8, 4) is 0 Å². The second-order valence-corrected chi connectivity index (χ2v) is 5.70. The molecule has 110 valence electrons. The lowest BCUT2D eigenvalue weighted by molar-refractivity contribution is 0.473. The Morgan fingerprint density at radius 1 is 1.11 bits per heavy atom. The van der Waals surface area contributed by atoms with Crippen LogP contribution in [-0.4, -0.2) is 16.3 Å². The molecule has 1 aromatic rings. The Morgan fingerprint density at radius 3 is 2.26 bits per heavy atom. The van der Waals surface area contributed by atoms with Crippen LogP contribution in [0.1, 0.15) is 71.0 Å². The van der Waals surface area contributed by atoms with E-state index in [1.807, 2.05) is 0 Å². The van der Waals surface area contributed by atoms with Gasteiger partial charge in [0.15, 0.2) is 0 Å². The fraction of sp³-hybridized carbons (Fsp3) is 0.812. The second kappa shape index (κ2) is 7.68. The molecule has 0 aromatic carbocycles. The first-order valence-electron chi connectivity index (χ1n) is 7.86. The van der Waals surface area contributed by atoms with E-state index in [2.05, 4.69) is 51.5 Å². The minimum atomic E-state index is 0.405. The third-order valence-corrected chi connectivity index (χ3v) is 3.71. The van der Waals surface area contributed by atoms with Crippen LogP contribution >= 0.6 is 0 Å². The van der Waals surface area contributed by atoms with Gasteiger partial charge in [0.2, 0.25) is 0 Å². The zero-order valence-corrected chi connectivity index (χ0v) is 13.6. The molecule has 1 atom stereocenters. The first-order chi connectivity index (χ1) is 9.04. The first-order valence-corrected chi connectivity index (χ1v) is 7.86. The topological polar surface area (TPSA) is 29.9 Å². The van der Waals surface area contributed by atoms with Crippen LogP contribution in [0, 0.1) is 5.92 Å². The van der Waals surface area contributed by atoms with Crippen molar-refractivity contribution in [3.63, 3.8) is 0 Å². The molecular formula is C16H31N3. The lowest BCUT2D eigenvalue weighted by atomic mass is 10.0.